The van der Waals surface area contributed by atoms with Gasteiger partial charge in [-0.3, -0.25) is 18.9 Å². The molecule has 0 saturated carbocycles. The van der Waals surface area contributed by atoms with Crippen LogP contribution in [0.15, 0.2) is 48.8 Å². The minimum atomic E-state index is -4.57. The lowest BCUT2D eigenvalue weighted by Crippen LogP contribution is -2.50. The Morgan fingerprint density at radius 2 is 1.75 bits per heavy atom. The summed E-state index contributed by atoms with van der Waals surface area (Å²) >= 11 is 0. The molecule has 6 atom stereocenters. The van der Waals surface area contributed by atoms with Gasteiger partial charge < -0.3 is 33.9 Å². The molecule has 5 rings (SSSR count). The molecule has 18 heteroatoms. The van der Waals surface area contributed by atoms with E-state index in [0.29, 0.717) is 18.7 Å². The van der Waals surface area contributed by atoms with E-state index < -0.39 is 74.1 Å². The van der Waals surface area contributed by atoms with Crippen molar-refractivity contribution >= 4 is 37.0 Å². The highest BCUT2D eigenvalue weighted by molar-refractivity contribution is 7.52. The van der Waals surface area contributed by atoms with Gasteiger partial charge in [-0.25, -0.2) is 14.1 Å². The molecular formula is C33H41N6O11P. The Morgan fingerprint density at radius 1 is 1.06 bits per heavy atom. The minimum absolute atomic E-state index is 0.0524. The Kier molecular flexibility index (Phi) is 11.6. The van der Waals surface area contributed by atoms with Crippen molar-refractivity contribution < 1.29 is 51.7 Å². The SMILES string of the molecule is CC(C)C(=O)O[C@H]1[C@H](c2ccc3c(N)ncnn23)O[C@](C#N)(COP(=O)(N[C@@H](C)C(=O)OCC2COC2)Oc2ccccc2)[C@H]1OC(=O)C(C)C. The minimum Gasteiger partial charge on any atom is -0.464 e. The van der Waals surface area contributed by atoms with Crippen LogP contribution in [-0.2, 0) is 47.2 Å². The number of aromatic nitrogens is 3. The number of nitrogens with zero attached hydrogens (tertiary/aromatic N) is 4. The fourth-order valence-corrected chi connectivity index (χ4v) is 6.66. The summed E-state index contributed by atoms with van der Waals surface area (Å²) in [7, 11) is -4.57. The van der Waals surface area contributed by atoms with E-state index in [0.717, 1.165) is 0 Å². The number of nitrogen functional groups attached to an aromatic ring is 1. The molecule has 0 amide bonds. The molecule has 3 N–H and O–H groups in total. The van der Waals surface area contributed by atoms with Crippen LogP contribution in [0.2, 0.25) is 0 Å². The van der Waals surface area contributed by atoms with Gasteiger partial charge in [0.1, 0.15) is 42.4 Å². The second kappa shape index (κ2) is 15.7. The summed E-state index contributed by atoms with van der Waals surface area (Å²) in [5, 5.41) is 17.6. The largest absolute Gasteiger partial charge is 0.464 e. The molecule has 0 spiro atoms. The second-order valence-corrected chi connectivity index (χ2v) is 14.6. The average Bonchev–Trinajstić information content (AvgIpc) is 3.63. The van der Waals surface area contributed by atoms with Crippen LogP contribution in [0.3, 0.4) is 0 Å². The number of rotatable bonds is 15. The van der Waals surface area contributed by atoms with E-state index in [1.807, 2.05) is 6.07 Å². The van der Waals surface area contributed by atoms with Gasteiger partial charge in [0.2, 0.25) is 5.60 Å². The van der Waals surface area contributed by atoms with Crippen LogP contribution in [-0.4, -0.2) is 82.8 Å². The molecule has 4 heterocycles. The molecule has 1 aromatic carbocycles. The van der Waals surface area contributed by atoms with Crippen LogP contribution in [0.1, 0.15) is 46.4 Å². The van der Waals surface area contributed by atoms with Crippen LogP contribution in [0, 0.1) is 29.1 Å². The zero-order chi connectivity index (χ0) is 36.9. The van der Waals surface area contributed by atoms with E-state index in [-0.39, 0.29) is 29.8 Å². The maximum atomic E-state index is 14.4. The van der Waals surface area contributed by atoms with Crippen LogP contribution >= 0.6 is 7.75 Å². The molecule has 2 fully saturated rings. The highest BCUT2D eigenvalue weighted by Gasteiger charge is 2.62. The molecule has 0 aliphatic carbocycles. The fraction of sp³-hybridized carbons (Fsp3) is 0.515. The molecule has 2 aliphatic rings. The number of nitriles is 1. The molecule has 0 radical (unpaired) electrons. The summed E-state index contributed by atoms with van der Waals surface area (Å²) in [6.45, 7) is 7.96. The lowest BCUT2D eigenvalue weighted by atomic mass is 9.95. The first-order chi connectivity index (χ1) is 24.3. The molecule has 274 valence electrons. The van der Waals surface area contributed by atoms with Crippen LogP contribution in [0.25, 0.3) is 5.52 Å². The van der Waals surface area contributed by atoms with Crippen LogP contribution in [0.4, 0.5) is 5.82 Å². The number of esters is 3. The molecule has 51 heavy (non-hydrogen) atoms. The third kappa shape index (κ3) is 8.49. The number of anilines is 1. The highest BCUT2D eigenvalue weighted by Crippen LogP contribution is 2.50. The second-order valence-electron chi connectivity index (χ2n) is 12.9. The number of para-hydroxylation sites is 1. The first-order valence-electron chi connectivity index (χ1n) is 16.4. The average molecular weight is 729 g/mol. The van der Waals surface area contributed by atoms with Gasteiger partial charge >= 0.3 is 25.7 Å². The topological polar surface area (TPSA) is 225 Å². The Bertz CT molecular complexity index is 1810. The molecule has 1 unspecified atom stereocenters. The third-order valence-corrected chi connectivity index (χ3v) is 9.74. The summed E-state index contributed by atoms with van der Waals surface area (Å²) in [6, 6.07) is 12.0. The van der Waals surface area contributed by atoms with Gasteiger partial charge in [0.15, 0.2) is 18.0 Å². The van der Waals surface area contributed by atoms with Crippen molar-refractivity contribution in [2.75, 3.05) is 32.2 Å². The number of fused-ring (bicyclic) bond motifs is 1. The number of carbonyl (C=O) groups excluding carboxylic acids is 3. The maximum absolute atomic E-state index is 14.4. The van der Waals surface area contributed by atoms with E-state index in [1.165, 1.54) is 29.9 Å². The van der Waals surface area contributed by atoms with E-state index >= 15 is 0 Å². The molecule has 17 nitrogen and oxygen atoms in total. The van der Waals surface area contributed by atoms with Crippen molar-refractivity contribution in [3.8, 4) is 11.8 Å². The van der Waals surface area contributed by atoms with E-state index in [1.54, 1.807) is 58.0 Å². The summed E-state index contributed by atoms with van der Waals surface area (Å²) in [6.07, 6.45) is -3.12. The fourth-order valence-electron chi connectivity index (χ4n) is 5.14. The van der Waals surface area contributed by atoms with Crippen LogP contribution < -0.4 is 15.3 Å². The van der Waals surface area contributed by atoms with Gasteiger partial charge in [-0.2, -0.15) is 15.4 Å². The third-order valence-electron chi connectivity index (χ3n) is 8.12. The number of hydrogen-bond donors (Lipinski definition) is 2. The highest BCUT2D eigenvalue weighted by atomic mass is 31.2. The van der Waals surface area contributed by atoms with Gasteiger partial charge in [-0.05, 0) is 31.2 Å². The number of nitrogens with two attached hydrogens (primary N) is 1. The standard InChI is InChI=1S/C33H41N6O11P/c1-19(2)30(40)47-27-26(24-11-12-25-29(35)36-18-37-39(24)25)49-33(16-34,28(27)48-31(41)20(3)4)17-46-51(43,50-23-9-7-6-8-10-23)38-21(5)32(42)45-15-22-13-44-14-22/h6-12,18-22,26-28H,13-15,17H2,1-5H3,(H,38,43)(H2,35,36,37)/t21-,26-,27-,28-,33+,51?/m0/s1. The van der Waals surface area contributed by atoms with Gasteiger partial charge in [0, 0.05) is 5.92 Å². The number of nitrogens with one attached hydrogen (secondary N) is 1. The molecule has 3 aromatic rings. The molecule has 2 aliphatic heterocycles. The quantitative estimate of drug-likeness (QED) is 0.130. The Morgan fingerprint density at radius 3 is 2.37 bits per heavy atom. The zero-order valence-electron chi connectivity index (χ0n) is 28.8. The normalized spacial score (nSPS) is 23.6. The zero-order valence-corrected chi connectivity index (χ0v) is 29.7. The van der Waals surface area contributed by atoms with Crippen molar-refractivity contribution in [2.24, 2.45) is 17.8 Å². The predicted molar refractivity (Wildman–Crippen MR) is 177 cm³/mol. The van der Waals surface area contributed by atoms with E-state index in [9.17, 15) is 24.2 Å². The monoisotopic (exact) mass is 728 g/mol. The summed E-state index contributed by atoms with van der Waals surface area (Å²) in [5.41, 5.74) is 4.47. The number of carbonyl (C=O) groups is 3. The first kappa shape index (κ1) is 37.7. The molecule has 0 bridgehead atoms. The maximum Gasteiger partial charge on any atom is 0.459 e. The summed E-state index contributed by atoms with van der Waals surface area (Å²) in [5.74, 6) is -3.14. The van der Waals surface area contributed by atoms with Gasteiger partial charge in [-0.15, -0.1) is 0 Å². The Balaban J connectivity index is 1.52. The number of benzene rings is 1. The Labute approximate surface area is 294 Å². The van der Waals surface area contributed by atoms with Crippen molar-refractivity contribution in [3.63, 3.8) is 0 Å². The lowest BCUT2D eigenvalue weighted by Gasteiger charge is -2.31. The first-order valence-corrected chi connectivity index (χ1v) is 17.9. The molecule has 2 aromatic heterocycles. The predicted octanol–water partition coefficient (Wildman–Crippen LogP) is 3.15. The summed E-state index contributed by atoms with van der Waals surface area (Å²) in [4.78, 5) is 43.1. The van der Waals surface area contributed by atoms with Gasteiger partial charge in [0.25, 0.3) is 0 Å². The molecule has 2 saturated heterocycles. The van der Waals surface area contributed by atoms with Gasteiger partial charge in [0.05, 0.1) is 37.4 Å². The van der Waals surface area contributed by atoms with E-state index in [4.69, 9.17) is 38.5 Å². The van der Waals surface area contributed by atoms with Crippen molar-refractivity contribution in [1.29, 1.82) is 5.26 Å². The van der Waals surface area contributed by atoms with Crippen LogP contribution in [0.5, 0.6) is 5.75 Å². The Hall–Kier alpha value is -4.59. The van der Waals surface area contributed by atoms with Gasteiger partial charge in [-0.1, -0.05) is 45.9 Å². The molecular weight excluding hydrogens is 687 g/mol. The van der Waals surface area contributed by atoms with Crippen molar-refractivity contribution in [3.05, 3.63) is 54.5 Å². The van der Waals surface area contributed by atoms with E-state index in [2.05, 4.69) is 15.2 Å². The summed E-state index contributed by atoms with van der Waals surface area (Å²) < 4.78 is 56.2. The number of hydrogen-bond acceptors (Lipinski definition) is 15. The smallest absolute Gasteiger partial charge is 0.459 e. The van der Waals surface area contributed by atoms with Crippen molar-refractivity contribution in [2.45, 2.75) is 64.6 Å². The van der Waals surface area contributed by atoms with Crippen molar-refractivity contribution in [1.82, 2.24) is 19.7 Å². The lowest BCUT2D eigenvalue weighted by molar-refractivity contribution is -0.173. The number of ether oxygens (including phenoxy) is 5.